The SMILES string of the molecule is C[C@@H](Oc1cccc(Br)c1)c1ccccc1. The van der Waals surface area contributed by atoms with Crippen LogP contribution in [-0.2, 0) is 0 Å². The van der Waals surface area contributed by atoms with E-state index in [-0.39, 0.29) is 6.10 Å². The summed E-state index contributed by atoms with van der Waals surface area (Å²) in [5.74, 6) is 0.880. The van der Waals surface area contributed by atoms with Gasteiger partial charge >= 0.3 is 0 Å². The van der Waals surface area contributed by atoms with Crippen LogP contribution in [0.5, 0.6) is 5.75 Å². The van der Waals surface area contributed by atoms with Gasteiger partial charge in [-0.15, -0.1) is 0 Å². The van der Waals surface area contributed by atoms with Crippen molar-refractivity contribution in [3.63, 3.8) is 0 Å². The third-order valence-electron chi connectivity index (χ3n) is 2.38. The first-order chi connectivity index (χ1) is 7.75. The fourth-order valence-electron chi connectivity index (χ4n) is 1.54. The molecule has 0 bridgehead atoms. The van der Waals surface area contributed by atoms with E-state index in [2.05, 4.69) is 35.0 Å². The van der Waals surface area contributed by atoms with Crippen LogP contribution in [0.4, 0.5) is 0 Å². The third-order valence-corrected chi connectivity index (χ3v) is 2.87. The van der Waals surface area contributed by atoms with Gasteiger partial charge in [-0.1, -0.05) is 52.3 Å². The first kappa shape index (κ1) is 11.2. The summed E-state index contributed by atoms with van der Waals surface area (Å²) in [6, 6.07) is 18.1. The highest BCUT2D eigenvalue weighted by molar-refractivity contribution is 9.10. The van der Waals surface area contributed by atoms with Crippen molar-refractivity contribution in [3.05, 3.63) is 64.6 Å². The molecule has 0 N–H and O–H groups in total. The number of hydrogen-bond acceptors (Lipinski definition) is 1. The zero-order valence-electron chi connectivity index (χ0n) is 9.06. The van der Waals surface area contributed by atoms with E-state index >= 15 is 0 Å². The van der Waals surface area contributed by atoms with Gasteiger partial charge < -0.3 is 4.74 Å². The molecule has 0 aliphatic rings. The van der Waals surface area contributed by atoms with Gasteiger partial charge in [0.15, 0.2) is 0 Å². The topological polar surface area (TPSA) is 9.23 Å². The number of hydrogen-bond donors (Lipinski definition) is 0. The van der Waals surface area contributed by atoms with Gasteiger partial charge in [-0.2, -0.15) is 0 Å². The van der Waals surface area contributed by atoms with Crippen molar-refractivity contribution in [1.82, 2.24) is 0 Å². The smallest absolute Gasteiger partial charge is 0.121 e. The second-order valence-corrected chi connectivity index (χ2v) is 4.54. The Labute approximate surface area is 104 Å². The van der Waals surface area contributed by atoms with Crippen LogP contribution in [0, 0.1) is 0 Å². The second-order valence-electron chi connectivity index (χ2n) is 3.63. The summed E-state index contributed by atoms with van der Waals surface area (Å²) in [5, 5.41) is 0. The van der Waals surface area contributed by atoms with Crippen molar-refractivity contribution in [1.29, 1.82) is 0 Å². The van der Waals surface area contributed by atoms with Crippen molar-refractivity contribution in [2.75, 3.05) is 0 Å². The van der Waals surface area contributed by atoms with Crippen molar-refractivity contribution in [2.45, 2.75) is 13.0 Å². The van der Waals surface area contributed by atoms with Crippen LogP contribution in [0.2, 0.25) is 0 Å². The molecular weight excluding hydrogens is 264 g/mol. The summed E-state index contributed by atoms with van der Waals surface area (Å²) in [7, 11) is 0. The van der Waals surface area contributed by atoms with E-state index in [1.54, 1.807) is 0 Å². The fourth-order valence-corrected chi connectivity index (χ4v) is 1.91. The van der Waals surface area contributed by atoms with Gasteiger partial charge in [-0.3, -0.25) is 0 Å². The van der Waals surface area contributed by atoms with Gasteiger partial charge in [0, 0.05) is 4.47 Å². The van der Waals surface area contributed by atoms with E-state index < -0.39 is 0 Å². The van der Waals surface area contributed by atoms with E-state index in [1.165, 1.54) is 5.56 Å². The molecule has 0 aliphatic carbocycles. The molecule has 2 rings (SSSR count). The van der Waals surface area contributed by atoms with Gasteiger partial charge in [-0.25, -0.2) is 0 Å². The molecule has 2 aromatic rings. The van der Waals surface area contributed by atoms with E-state index in [0.717, 1.165) is 10.2 Å². The number of ether oxygens (including phenoxy) is 1. The standard InChI is InChI=1S/C14H13BrO/c1-11(12-6-3-2-4-7-12)16-14-9-5-8-13(15)10-14/h2-11H,1H3/t11-/m1/s1. The number of rotatable bonds is 3. The lowest BCUT2D eigenvalue weighted by atomic mass is 10.1. The summed E-state index contributed by atoms with van der Waals surface area (Å²) >= 11 is 3.43. The molecule has 0 amide bonds. The van der Waals surface area contributed by atoms with E-state index in [4.69, 9.17) is 4.74 Å². The lowest BCUT2D eigenvalue weighted by Gasteiger charge is -2.15. The average Bonchev–Trinajstić information content (AvgIpc) is 2.30. The minimum atomic E-state index is 0.0653. The first-order valence-electron chi connectivity index (χ1n) is 5.23. The summed E-state index contributed by atoms with van der Waals surface area (Å²) < 4.78 is 6.88. The lowest BCUT2D eigenvalue weighted by molar-refractivity contribution is 0.227. The average molecular weight is 277 g/mol. The molecule has 2 aromatic carbocycles. The highest BCUT2D eigenvalue weighted by Gasteiger charge is 2.06. The van der Waals surface area contributed by atoms with E-state index in [9.17, 15) is 0 Å². The Morgan fingerprint density at radius 2 is 1.75 bits per heavy atom. The Balaban J connectivity index is 2.11. The normalized spacial score (nSPS) is 12.1. The van der Waals surface area contributed by atoms with Crippen molar-refractivity contribution >= 4 is 15.9 Å². The molecule has 0 aliphatic heterocycles. The quantitative estimate of drug-likeness (QED) is 0.797. The third kappa shape index (κ3) is 2.86. The minimum absolute atomic E-state index is 0.0653. The highest BCUT2D eigenvalue weighted by Crippen LogP contribution is 2.24. The van der Waals surface area contributed by atoms with Gasteiger partial charge in [0.1, 0.15) is 11.9 Å². The predicted molar refractivity (Wildman–Crippen MR) is 69.6 cm³/mol. The maximum absolute atomic E-state index is 5.85. The van der Waals surface area contributed by atoms with Gasteiger partial charge in [0.25, 0.3) is 0 Å². The fraction of sp³-hybridized carbons (Fsp3) is 0.143. The number of benzene rings is 2. The molecule has 0 saturated heterocycles. The Hall–Kier alpha value is -1.28. The van der Waals surface area contributed by atoms with Crippen LogP contribution < -0.4 is 4.74 Å². The molecule has 82 valence electrons. The molecule has 2 heteroatoms. The van der Waals surface area contributed by atoms with Crippen LogP contribution in [-0.4, -0.2) is 0 Å². The molecular formula is C14H13BrO. The van der Waals surface area contributed by atoms with Crippen molar-refractivity contribution in [2.24, 2.45) is 0 Å². The summed E-state index contributed by atoms with van der Waals surface area (Å²) in [4.78, 5) is 0. The summed E-state index contributed by atoms with van der Waals surface area (Å²) in [5.41, 5.74) is 1.18. The zero-order valence-corrected chi connectivity index (χ0v) is 10.6. The van der Waals surface area contributed by atoms with Crippen molar-refractivity contribution in [3.8, 4) is 5.75 Å². The maximum Gasteiger partial charge on any atom is 0.121 e. The summed E-state index contributed by atoms with van der Waals surface area (Å²) in [6.07, 6.45) is 0.0653. The van der Waals surface area contributed by atoms with E-state index in [0.29, 0.717) is 0 Å². The van der Waals surface area contributed by atoms with Gasteiger partial charge in [-0.05, 0) is 30.7 Å². The monoisotopic (exact) mass is 276 g/mol. The lowest BCUT2D eigenvalue weighted by Crippen LogP contribution is -2.02. The Bertz CT molecular complexity index is 453. The highest BCUT2D eigenvalue weighted by atomic mass is 79.9. The van der Waals surface area contributed by atoms with Gasteiger partial charge in [0.05, 0.1) is 0 Å². The molecule has 0 radical (unpaired) electrons. The number of halogens is 1. The van der Waals surface area contributed by atoms with Crippen LogP contribution in [0.3, 0.4) is 0 Å². The predicted octanol–water partition coefficient (Wildman–Crippen LogP) is 4.59. The summed E-state index contributed by atoms with van der Waals surface area (Å²) in [6.45, 7) is 2.05. The maximum atomic E-state index is 5.85. The Kier molecular flexibility index (Phi) is 3.62. The first-order valence-corrected chi connectivity index (χ1v) is 6.02. The minimum Gasteiger partial charge on any atom is -0.486 e. The molecule has 1 atom stereocenters. The van der Waals surface area contributed by atoms with E-state index in [1.807, 2.05) is 42.5 Å². The molecule has 1 nitrogen and oxygen atoms in total. The largest absolute Gasteiger partial charge is 0.486 e. The molecule has 0 saturated carbocycles. The second kappa shape index (κ2) is 5.17. The van der Waals surface area contributed by atoms with Gasteiger partial charge in [0.2, 0.25) is 0 Å². The van der Waals surface area contributed by atoms with Crippen LogP contribution in [0.25, 0.3) is 0 Å². The molecule has 0 aromatic heterocycles. The van der Waals surface area contributed by atoms with Crippen LogP contribution >= 0.6 is 15.9 Å². The van der Waals surface area contributed by atoms with Crippen molar-refractivity contribution < 1.29 is 4.74 Å². The molecule has 0 fully saturated rings. The Morgan fingerprint density at radius 3 is 2.44 bits per heavy atom. The molecule has 0 heterocycles. The van der Waals surface area contributed by atoms with Crippen LogP contribution in [0.1, 0.15) is 18.6 Å². The zero-order chi connectivity index (χ0) is 11.4. The Morgan fingerprint density at radius 1 is 1.00 bits per heavy atom. The molecule has 16 heavy (non-hydrogen) atoms. The molecule has 0 unspecified atom stereocenters. The molecule has 0 spiro atoms. The van der Waals surface area contributed by atoms with Crippen LogP contribution in [0.15, 0.2) is 59.1 Å².